The van der Waals surface area contributed by atoms with Crippen molar-refractivity contribution >= 4 is 25.4 Å². The van der Waals surface area contributed by atoms with Gasteiger partial charge in [-0.25, -0.2) is 8.42 Å². The summed E-state index contributed by atoms with van der Waals surface area (Å²) in [4.78, 5) is 9.69. The Morgan fingerprint density at radius 1 is 1.50 bits per heavy atom. The Morgan fingerprint density at radius 2 is 2.11 bits per heavy atom. The quantitative estimate of drug-likeness (QED) is 0.381. The molecule has 96 valence electrons. The molecule has 0 aromatic heterocycles. The lowest BCUT2D eigenvalue weighted by molar-refractivity contribution is -0.385. The first-order valence-corrected chi connectivity index (χ1v) is 7.03. The van der Waals surface area contributed by atoms with Crippen molar-refractivity contribution in [3.05, 3.63) is 33.9 Å². The SMILES string of the molecule is CC(N)C#Cc1c([N+](=O)[O-])cccc1S(=O)(=O)Cl. The maximum Gasteiger partial charge on any atom is 0.286 e. The standard InChI is InChI=1S/C10H9ClN2O4S/c1-7(12)5-6-8-9(13(14)15)3-2-4-10(8)18(11,16)17/h2-4,7H,12H2,1H3. The topological polar surface area (TPSA) is 103 Å². The van der Waals surface area contributed by atoms with Crippen molar-refractivity contribution in [3.63, 3.8) is 0 Å². The maximum absolute atomic E-state index is 11.3. The predicted molar refractivity (Wildman–Crippen MR) is 66.7 cm³/mol. The Hall–Kier alpha value is -1.62. The Kier molecular flexibility index (Phi) is 4.29. The molecule has 0 bridgehead atoms. The van der Waals surface area contributed by atoms with Gasteiger partial charge in [-0.3, -0.25) is 10.1 Å². The molecule has 0 heterocycles. The van der Waals surface area contributed by atoms with E-state index in [-0.39, 0.29) is 5.56 Å². The molecule has 0 aliphatic carbocycles. The number of hydrogen-bond donors (Lipinski definition) is 1. The molecule has 1 aromatic carbocycles. The van der Waals surface area contributed by atoms with E-state index in [1.54, 1.807) is 6.92 Å². The van der Waals surface area contributed by atoms with E-state index in [4.69, 9.17) is 16.4 Å². The second-order valence-electron chi connectivity index (χ2n) is 3.40. The van der Waals surface area contributed by atoms with Gasteiger partial charge in [-0.1, -0.05) is 17.9 Å². The van der Waals surface area contributed by atoms with Gasteiger partial charge in [0, 0.05) is 16.7 Å². The molecule has 6 nitrogen and oxygen atoms in total. The molecule has 0 amide bonds. The van der Waals surface area contributed by atoms with E-state index in [9.17, 15) is 18.5 Å². The molecule has 0 radical (unpaired) electrons. The van der Waals surface area contributed by atoms with Gasteiger partial charge in [0.1, 0.15) is 10.5 Å². The van der Waals surface area contributed by atoms with Crippen molar-refractivity contribution in [2.45, 2.75) is 17.9 Å². The zero-order valence-electron chi connectivity index (χ0n) is 9.25. The fourth-order valence-corrected chi connectivity index (χ4v) is 2.21. The van der Waals surface area contributed by atoms with E-state index in [1.807, 2.05) is 0 Å². The second kappa shape index (κ2) is 5.35. The summed E-state index contributed by atoms with van der Waals surface area (Å²) in [7, 11) is 1.09. The number of halogens is 1. The molecule has 8 heteroatoms. The number of nitrogens with two attached hydrogens (primary N) is 1. The van der Waals surface area contributed by atoms with Gasteiger partial charge in [-0.05, 0) is 13.0 Å². The normalized spacial score (nSPS) is 12.4. The van der Waals surface area contributed by atoms with Crippen molar-refractivity contribution < 1.29 is 13.3 Å². The van der Waals surface area contributed by atoms with Crippen LogP contribution in [0.5, 0.6) is 0 Å². The van der Waals surface area contributed by atoms with Crippen LogP contribution in [0.4, 0.5) is 5.69 Å². The zero-order valence-corrected chi connectivity index (χ0v) is 10.8. The summed E-state index contributed by atoms with van der Waals surface area (Å²) < 4.78 is 22.6. The molecular weight excluding hydrogens is 280 g/mol. The third-order valence-electron chi connectivity index (χ3n) is 1.89. The molecule has 0 saturated heterocycles. The summed E-state index contributed by atoms with van der Waals surface area (Å²) in [6.45, 7) is 1.57. The van der Waals surface area contributed by atoms with E-state index < -0.39 is 30.6 Å². The minimum atomic E-state index is -4.11. The third kappa shape index (κ3) is 3.43. The zero-order chi connectivity index (χ0) is 13.9. The van der Waals surface area contributed by atoms with Crippen LogP contribution < -0.4 is 5.73 Å². The van der Waals surface area contributed by atoms with Crippen LogP contribution in [0.15, 0.2) is 23.1 Å². The summed E-state index contributed by atoms with van der Waals surface area (Å²) >= 11 is 0. The highest BCUT2D eigenvalue weighted by Gasteiger charge is 2.23. The van der Waals surface area contributed by atoms with Crippen LogP contribution in [0.1, 0.15) is 12.5 Å². The van der Waals surface area contributed by atoms with Gasteiger partial charge < -0.3 is 5.73 Å². The van der Waals surface area contributed by atoms with E-state index in [2.05, 4.69) is 11.8 Å². The smallest absolute Gasteiger partial charge is 0.286 e. The largest absolute Gasteiger partial charge is 0.318 e. The van der Waals surface area contributed by atoms with Gasteiger partial charge >= 0.3 is 0 Å². The minimum absolute atomic E-state index is 0.255. The lowest BCUT2D eigenvalue weighted by Crippen LogP contribution is -2.11. The molecule has 0 aliphatic heterocycles. The molecular formula is C10H9ClN2O4S. The highest BCUT2D eigenvalue weighted by Crippen LogP contribution is 2.27. The lowest BCUT2D eigenvalue weighted by atomic mass is 10.1. The molecule has 18 heavy (non-hydrogen) atoms. The third-order valence-corrected chi connectivity index (χ3v) is 3.25. The summed E-state index contributed by atoms with van der Waals surface area (Å²) in [6, 6.07) is 2.98. The first-order chi connectivity index (χ1) is 8.23. The highest BCUT2D eigenvalue weighted by atomic mass is 35.7. The van der Waals surface area contributed by atoms with E-state index in [0.29, 0.717) is 0 Å². The Morgan fingerprint density at radius 3 is 2.56 bits per heavy atom. The summed E-state index contributed by atoms with van der Waals surface area (Å²) in [5, 5.41) is 10.8. The van der Waals surface area contributed by atoms with Crippen LogP contribution in [0.3, 0.4) is 0 Å². The summed E-state index contributed by atoms with van der Waals surface area (Å²) in [6.07, 6.45) is 0. The fraction of sp³-hybridized carbons (Fsp3) is 0.200. The van der Waals surface area contributed by atoms with E-state index in [0.717, 1.165) is 12.1 Å². The Bertz CT molecular complexity index is 644. The van der Waals surface area contributed by atoms with Crippen LogP contribution in [-0.2, 0) is 9.05 Å². The van der Waals surface area contributed by atoms with Gasteiger partial charge in [0.25, 0.3) is 14.7 Å². The molecule has 1 unspecified atom stereocenters. The van der Waals surface area contributed by atoms with Crippen molar-refractivity contribution in [1.82, 2.24) is 0 Å². The average Bonchev–Trinajstić information content (AvgIpc) is 2.24. The van der Waals surface area contributed by atoms with Gasteiger partial charge in [-0.15, -0.1) is 0 Å². The molecule has 1 aromatic rings. The van der Waals surface area contributed by atoms with Crippen LogP contribution in [0.25, 0.3) is 0 Å². The molecule has 0 aliphatic rings. The van der Waals surface area contributed by atoms with E-state index in [1.165, 1.54) is 6.07 Å². The van der Waals surface area contributed by atoms with Crippen LogP contribution in [-0.4, -0.2) is 19.4 Å². The first kappa shape index (κ1) is 14.4. The molecule has 1 atom stereocenters. The minimum Gasteiger partial charge on any atom is -0.318 e. The first-order valence-electron chi connectivity index (χ1n) is 4.72. The van der Waals surface area contributed by atoms with Crippen molar-refractivity contribution in [2.75, 3.05) is 0 Å². The number of hydrogen-bond acceptors (Lipinski definition) is 5. The number of nitro groups is 1. The number of benzene rings is 1. The molecule has 0 spiro atoms. The van der Waals surface area contributed by atoms with Gasteiger partial charge in [-0.2, -0.15) is 0 Å². The average molecular weight is 289 g/mol. The molecule has 2 N–H and O–H groups in total. The van der Waals surface area contributed by atoms with Gasteiger partial charge in [0.15, 0.2) is 0 Å². The Balaban J connectivity index is 3.62. The Labute approximate surface area is 108 Å². The number of nitrogens with zero attached hydrogens (tertiary/aromatic N) is 1. The van der Waals surface area contributed by atoms with E-state index >= 15 is 0 Å². The van der Waals surface area contributed by atoms with Crippen LogP contribution in [0, 0.1) is 22.0 Å². The van der Waals surface area contributed by atoms with Crippen LogP contribution >= 0.6 is 10.7 Å². The van der Waals surface area contributed by atoms with Gasteiger partial charge in [0.05, 0.1) is 11.0 Å². The van der Waals surface area contributed by atoms with Crippen LogP contribution in [0.2, 0.25) is 0 Å². The van der Waals surface area contributed by atoms with Crippen molar-refractivity contribution in [3.8, 4) is 11.8 Å². The fourth-order valence-electron chi connectivity index (χ4n) is 1.19. The highest BCUT2D eigenvalue weighted by molar-refractivity contribution is 8.13. The van der Waals surface area contributed by atoms with Gasteiger partial charge in [0.2, 0.25) is 0 Å². The second-order valence-corrected chi connectivity index (χ2v) is 5.94. The number of nitro benzene ring substituents is 1. The lowest BCUT2D eigenvalue weighted by Gasteiger charge is -2.01. The maximum atomic E-state index is 11.3. The monoisotopic (exact) mass is 288 g/mol. The summed E-state index contributed by atoms with van der Waals surface area (Å²) in [5.41, 5.74) is 4.72. The van der Waals surface area contributed by atoms with Crippen molar-refractivity contribution in [1.29, 1.82) is 0 Å². The predicted octanol–water partition coefficient (Wildman–Crippen LogP) is 1.22. The molecule has 1 rings (SSSR count). The molecule has 0 saturated carbocycles. The summed E-state index contributed by atoms with van der Waals surface area (Å²) in [5.74, 6) is 4.86. The molecule has 0 fully saturated rings. The van der Waals surface area contributed by atoms with Crippen molar-refractivity contribution in [2.24, 2.45) is 5.73 Å². The number of rotatable bonds is 2.